The fourth-order valence-corrected chi connectivity index (χ4v) is 3.13. The fraction of sp³-hybridized carbons (Fsp3) is 0.350. The van der Waals surface area contributed by atoms with E-state index in [0.29, 0.717) is 6.54 Å². The predicted octanol–water partition coefficient (Wildman–Crippen LogP) is 4.13. The highest BCUT2D eigenvalue weighted by Gasteiger charge is 2.25. The van der Waals surface area contributed by atoms with E-state index in [0.717, 1.165) is 25.1 Å². The van der Waals surface area contributed by atoms with Crippen LogP contribution in [0.3, 0.4) is 0 Å². The minimum atomic E-state index is -0.0910. The van der Waals surface area contributed by atoms with Gasteiger partial charge in [-0.2, -0.15) is 0 Å². The molecule has 0 bridgehead atoms. The standard InChI is InChI=1S/C20H24N2O/c1-20(2,17-11-4-3-5-12-17)15-21-19(23)22-14-8-10-16-9-6-7-13-18(16)22/h3-7,9,11-13H,8,10,14-15H2,1-2H3,(H,21,23). The number of urea groups is 1. The van der Waals surface area contributed by atoms with Crippen molar-refractivity contribution >= 4 is 11.7 Å². The zero-order chi connectivity index (χ0) is 16.3. The molecule has 1 aliphatic heterocycles. The van der Waals surface area contributed by atoms with Gasteiger partial charge in [-0.1, -0.05) is 62.4 Å². The summed E-state index contributed by atoms with van der Waals surface area (Å²) in [4.78, 5) is 14.5. The second-order valence-corrected chi connectivity index (χ2v) is 6.79. The average molecular weight is 308 g/mol. The molecule has 1 aliphatic rings. The van der Waals surface area contributed by atoms with E-state index in [1.165, 1.54) is 11.1 Å². The van der Waals surface area contributed by atoms with Crippen LogP contribution in [0.1, 0.15) is 31.4 Å². The van der Waals surface area contributed by atoms with Gasteiger partial charge in [-0.25, -0.2) is 4.79 Å². The Kier molecular flexibility index (Phi) is 4.37. The van der Waals surface area contributed by atoms with Gasteiger partial charge in [0, 0.05) is 24.2 Å². The van der Waals surface area contributed by atoms with E-state index in [1.807, 2.05) is 41.3 Å². The number of fused-ring (bicyclic) bond motifs is 1. The third kappa shape index (κ3) is 3.39. The molecular weight excluding hydrogens is 284 g/mol. The number of carbonyl (C=O) groups excluding carboxylic acids is 1. The van der Waals surface area contributed by atoms with Gasteiger partial charge in [0.25, 0.3) is 0 Å². The van der Waals surface area contributed by atoms with Gasteiger partial charge in [0.05, 0.1) is 0 Å². The summed E-state index contributed by atoms with van der Waals surface area (Å²) >= 11 is 0. The molecule has 0 spiro atoms. The molecule has 0 saturated carbocycles. The van der Waals surface area contributed by atoms with Crippen LogP contribution in [0.5, 0.6) is 0 Å². The Morgan fingerprint density at radius 3 is 2.57 bits per heavy atom. The monoisotopic (exact) mass is 308 g/mol. The lowest BCUT2D eigenvalue weighted by molar-refractivity contribution is 0.243. The van der Waals surface area contributed by atoms with Crippen molar-refractivity contribution in [3.8, 4) is 0 Å². The fourth-order valence-electron chi connectivity index (χ4n) is 3.13. The zero-order valence-corrected chi connectivity index (χ0v) is 13.9. The van der Waals surface area contributed by atoms with Gasteiger partial charge in [-0.15, -0.1) is 0 Å². The molecule has 1 heterocycles. The lowest BCUT2D eigenvalue weighted by Crippen LogP contribution is -2.46. The molecule has 1 N–H and O–H groups in total. The van der Waals surface area contributed by atoms with Crippen LogP contribution in [0, 0.1) is 0 Å². The van der Waals surface area contributed by atoms with E-state index in [9.17, 15) is 4.79 Å². The SMILES string of the molecule is CC(C)(CNC(=O)N1CCCc2ccccc21)c1ccccc1. The number of carbonyl (C=O) groups is 1. The van der Waals surface area contributed by atoms with E-state index < -0.39 is 0 Å². The van der Waals surface area contributed by atoms with Crippen molar-refractivity contribution in [1.82, 2.24) is 5.32 Å². The smallest absolute Gasteiger partial charge is 0.321 e. The summed E-state index contributed by atoms with van der Waals surface area (Å²) in [5.41, 5.74) is 3.45. The number of nitrogens with zero attached hydrogens (tertiary/aromatic N) is 1. The maximum Gasteiger partial charge on any atom is 0.321 e. The van der Waals surface area contributed by atoms with Crippen molar-refractivity contribution in [3.05, 3.63) is 65.7 Å². The minimum absolute atomic E-state index is 0.00107. The average Bonchev–Trinajstić information content (AvgIpc) is 2.60. The van der Waals surface area contributed by atoms with Crippen molar-refractivity contribution in [1.29, 1.82) is 0 Å². The Bertz CT molecular complexity index is 679. The van der Waals surface area contributed by atoms with Gasteiger partial charge < -0.3 is 5.32 Å². The molecular formula is C20H24N2O. The maximum atomic E-state index is 12.7. The Hall–Kier alpha value is -2.29. The van der Waals surface area contributed by atoms with Gasteiger partial charge in [0.15, 0.2) is 0 Å². The molecule has 3 nitrogen and oxygen atoms in total. The number of rotatable bonds is 3. The van der Waals surface area contributed by atoms with Gasteiger partial charge in [-0.3, -0.25) is 4.90 Å². The molecule has 3 heteroatoms. The lowest BCUT2D eigenvalue weighted by atomic mass is 9.85. The summed E-state index contributed by atoms with van der Waals surface area (Å²) in [6, 6.07) is 18.5. The molecule has 2 amide bonds. The Labute approximate surface area is 138 Å². The van der Waals surface area contributed by atoms with Gasteiger partial charge in [-0.05, 0) is 30.0 Å². The number of hydrogen-bond donors (Lipinski definition) is 1. The highest BCUT2D eigenvalue weighted by atomic mass is 16.2. The van der Waals surface area contributed by atoms with Crippen molar-refractivity contribution in [3.63, 3.8) is 0 Å². The van der Waals surface area contributed by atoms with Crippen LogP contribution in [0.15, 0.2) is 54.6 Å². The van der Waals surface area contributed by atoms with E-state index in [1.54, 1.807) is 0 Å². The second-order valence-electron chi connectivity index (χ2n) is 6.79. The molecule has 0 atom stereocenters. The molecule has 0 unspecified atom stereocenters. The molecule has 120 valence electrons. The second kappa shape index (κ2) is 6.45. The molecule has 0 saturated heterocycles. The van der Waals surface area contributed by atoms with E-state index in [2.05, 4.69) is 37.4 Å². The van der Waals surface area contributed by atoms with Crippen LogP contribution < -0.4 is 10.2 Å². The zero-order valence-electron chi connectivity index (χ0n) is 13.9. The van der Waals surface area contributed by atoms with E-state index in [4.69, 9.17) is 0 Å². The summed E-state index contributed by atoms with van der Waals surface area (Å²) in [7, 11) is 0. The highest BCUT2D eigenvalue weighted by Crippen LogP contribution is 2.27. The first-order valence-corrected chi connectivity index (χ1v) is 8.27. The van der Waals surface area contributed by atoms with E-state index in [-0.39, 0.29) is 11.4 Å². The summed E-state index contributed by atoms with van der Waals surface area (Å²) in [5, 5.41) is 3.12. The van der Waals surface area contributed by atoms with Gasteiger partial charge in [0.2, 0.25) is 0 Å². The maximum absolute atomic E-state index is 12.7. The van der Waals surface area contributed by atoms with Crippen LogP contribution in [-0.2, 0) is 11.8 Å². The number of anilines is 1. The lowest BCUT2D eigenvalue weighted by Gasteiger charge is -2.32. The predicted molar refractivity (Wildman–Crippen MR) is 95.0 cm³/mol. The molecule has 0 radical (unpaired) electrons. The Balaban J connectivity index is 1.69. The van der Waals surface area contributed by atoms with Crippen molar-refractivity contribution in [2.24, 2.45) is 0 Å². The number of amides is 2. The summed E-state index contributed by atoms with van der Waals surface area (Å²) in [6.45, 7) is 5.72. The van der Waals surface area contributed by atoms with Crippen LogP contribution in [0.25, 0.3) is 0 Å². The summed E-state index contributed by atoms with van der Waals surface area (Å²) < 4.78 is 0. The Morgan fingerprint density at radius 2 is 1.78 bits per heavy atom. The Morgan fingerprint density at radius 1 is 1.09 bits per heavy atom. The minimum Gasteiger partial charge on any atom is -0.337 e. The van der Waals surface area contributed by atoms with Crippen molar-refractivity contribution in [2.75, 3.05) is 18.0 Å². The first-order valence-electron chi connectivity index (χ1n) is 8.27. The first-order chi connectivity index (χ1) is 11.1. The van der Waals surface area contributed by atoms with Crippen molar-refractivity contribution in [2.45, 2.75) is 32.1 Å². The van der Waals surface area contributed by atoms with Gasteiger partial charge >= 0.3 is 6.03 Å². The third-order valence-electron chi connectivity index (χ3n) is 4.59. The van der Waals surface area contributed by atoms with Crippen LogP contribution in [0.4, 0.5) is 10.5 Å². The normalized spacial score (nSPS) is 14.3. The number of aryl methyl sites for hydroxylation is 1. The van der Waals surface area contributed by atoms with E-state index >= 15 is 0 Å². The summed E-state index contributed by atoms with van der Waals surface area (Å²) in [6.07, 6.45) is 2.07. The number of para-hydroxylation sites is 1. The number of benzene rings is 2. The molecule has 2 aromatic rings. The quantitative estimate of drug-likeness (QED) is 0.908. The molecule has 3 rings (SSSR count). The molecule has 0 aliphatic carbocycles. The van der Waals surface area contributed by atoms with Crippen molar-refractivity contribution < 1.29 is 4.79 Å². The first kappa shape index (κ1) is 15.6. The molecule has 23 heavy (non-hydrogen) atoms. The number of nitrogens with one attached hydrogen (secondary N) is 1. The largest absolute Gasteiger partial charge is 0.337 e. The van der Waals surface area contributed by atoms with Crippen LogP contribution >= 0.6 is 0 Å². The third-order valence-corrected chi connectivity index (χ3v) is 4.59. The van der Waals surface area contributed by atoms with Crippen LogP contribution in [0.2, 0.25) is 0 Å². The number of hydrogen-bond acceptors (Lipinski definition) is 1. The summed E-state index contributed by atoms with van der Waals surface area (Å²) in [5.74, 6) is 0. The topological polar surface area (TPSA) is 32.3 Å². The molecule has 0 aromatic heterocycles. The highest BCUT2D eigenvalue weighted by molar-refractivity contribution is 5.93. The molecule has 2 aromatic carbocycles. The molecule has 0 fully saturated rings. The van der Waals surface area contributed by atoms with Crippen LogP contribution in [-0.4, -0.2) is 19.1 Å². The van der Waals surface area contributed by atoms with Gasteiger partial charge in [0.1, 0.15) is 0 Å².